The predicted molar refractivity (Wildman–Crippen MR) is 79.2 cm³/mol. The highest BCUT2D eigenvalue weighted by molar-refractivity contribution is 5.64. The van der Waals surface area contributed by atoms with E-state index in [1.54, 1.807) is 0 Å². The van der Waals surface area contributed by atoms with Crippen molar-refractivity contribution in [2.75, 3.05) is 24.2 Å². The lowest BCUT2D eigenvalue weighted by Crippen LogP contribution is -2.41. The number of carbonyl (C=O) groups excluding carboxylic acids is 1. The molecule has 1 heterocycles. The first kappa shape index (κ1) is 16.6. The summed E-state index contributed by atoms with van der Waals surface area (Å²) in [5.41, 5.74) is 9.83. The zero-order chi connectivity index (χ0) is 16.2. The highest BCUT2D eigenvalue weighted by Crippen LogP contribution is 2.12. The molecule has 0 fully saturated rings. The molecular formula is C12H21N5O4. The third kappa shape index (κ3) is 4.01. The molecule has 1 aromatic heterocycles. The van der Waals surface area contributed by atoms with Gasteiger partial charge in [-0.2, -0.15) is 0 Å². The first-order valence-corrected chi connectivity index (χ1v) is 6.51. The van der Waals surface area contributed by atoms with Crippen LogP contribution in [0.3, 0.4) is 0 Å². The quantitative estimate of drug-likeness (QED) is 0.594. The zero-order valence-corrected chi connectivity index (χ0v) is 12.4. The molecule has 1 aromatic rings. The van der Waals surface area contributed by atoms with E-state index >= 15 is 0 Å². The zero-order valence-electron chi connectivity index (χ0n) is 12.4. The van der Waals surface area contributed by atoms with Gasteiger partial charge in [-0.05, 0) is 5.92 Å². The fraction of sp³-hybridized carbons (Fsp3) is 0.583. The number of primary amides is 1. The van der Waals surface area contributed by atoms with Gasteiger partial charge < -0.3 is 21.5 Å². The van der Waals surface area contributed by atoms with Crippen LogP contribution in [-0.2, 0) is 18.3 Å². The smallest absolute Gasteiger partial charge is 0.404 e. The van der Waals surface area contributed by atoms with Crippen LogP contribution in [0.4, 0.5) is 16.3 Å². The number of amides is 1. The molecule has 21 heavy (non-hydrogen) atoms. The van der Waals surface area contributed by atoms with E-state index in [0.717, 1.165) is 4.57 Å². The average molecular weight is 299 g/mol. The Labute approximate surface area is 121 Å². The van der Waals surface area contributed by atoms with Crippen molar-refractivity contribution in [2.45, 2.75) is 20.4 Å². The normalized spacial score (nSPS) is 10.7. The van der Waals surface area contributed by atoms with Crippen molar-refractivity contribution >= 4 is 17.6 Å². The number of hydrogen-bond acceptors (Lipinski definition) is 6. The Morgan fingerprint density at radius 1 is 1.38 bits per heavy atom. The monoisotopic (exact) mass is 299 g/mol. The fourth-order valence-corrected chi connectivity index (χ4v) is 1.82. The topological polar surface area (TPSA) is 134 Å². The van der Waals surface area contributed by atoms with Gasteiger partial charge in [0.25, 0.3) is 5.56 Å². The maximum Gasteiger partial charge on any atom is 0.404 e. The van der Waals surface area contributed by atoms with Crippen LogP contribution in [0, 0.1) is 5.92 Å². The van der Waals surface area contributed by atoms with E-state index in [2.05, 4.69) is 10.1 Å². The van der Waals surface area contributed by atoms with E-state index in [4.69, 9.17) is 11.5 Å². The van der Waals surface area contributed by atoms with Gasteiger partial charge in [-0.3, -0.25) is 13.9 Å². The molecule has 0 radical (unpaired) electrons. The van der Waals surface area contributed by atoms with Gasteiger partial charge in [0.15, 0.2) is 0 Å². The van der Waals surface area contributed by atoms with Crippen molar-refractivity contribution in [3.05, 3.63) is 20.8 Å². The summed E-state index contributed by atoms with van der Waals surface area (Å²) in [4.78, 5) is 34.6. The van der Waals surface area contributed by atoms with E-state index < -0.39 is 17.3 Å². The molecule has 0 aliphatic carbocycles. The molecule has 1 rings (SSSR count). The fourth-order valence-electron chi connectivity index (χ4n) is 1.82. The van der Waals surface area contributed by atoms with Crippen LogP contribution < -0.4 is 28.0 Å². The van der Waals surface area contributed by atoms with Gasteiger partial charge in [0.1, 0.15) is 18.1 Å². The minimum absolute atomic E-state index is 0.0127. The molecule has 1 amide bonds. The second-order valence-corrected chi connectivity index (χ2v) is 5.01. The molecule has 9 heteroatoms. The lowest BCUT2D eigenvalue weighted by atomic mass is 10.2. The number of nitrogen functional groups attached to an aromatic ring is 1. The van der Waals surface area contributed by atoms with Crippen molar-refractivity contribution < 1.29 is 9.53 Å². The average Bonchev–Trinajstić information content (AvgIpc) is 2.40. The van der Waals surface area contributed by atoms with Gasteiger partial charge >= 0.3 is 11.8 Å². The van der Waals surface area contributed by atoms with Crippen LogP contribution in [0.25, 0.3) is 0 Å². The Morgan fingerprint density at radius 3 is 2.52 bits per heavy atom. The molecule has 0 atom stereocenters. The SMILES string of the molecule is CC(C)Cn1c(N)c(NCCOC(N)=O)c(=O)n(C)c1=O. The summed E-state index contributed by atoms with van der Waals surface area (Å²) in [5, 5.41) is 2.77. The highest BCUT2D eigenvalue weighted by atomic mass is 16.5. The molecule has 0 saturated heterocycles. The molecule has 0 saturated carbocycles. The third-order valence-corrected chi connectivity index (χ3v) is 2.78. The number of ether oxygens (including phenoxy) is 1. The largest absolute Gasteiger partial charge is 0.448 e. The van der Waals surface area contributed by atoms with Crippen LogP contribution >= 0.6 is 0 Å². The lowest BCUT2D eigenvalue weighted by Gasteiger charge is -2.17. The summed E-state index contributed by atoms with van der Waals surface area (Å²) in [6.45, 7) is 4.41. The van der Waals surface area contributed by atoms with E-state index in [1.807, 2.05) is 13.8 Å². The molecule has 0 aliphatic heterocycles. The Balaban J connectivity index is 3.08. The van der Waals surface area contributed by atoms with Crippen LogP contribution in [0.2, 0.25) is 0 Å². The van der Waals surface area contributed by atoms with Crippen molar-refractivity contribution in [1.82, 2.24) is 9.13 Å². The van der Waals surface area contributed by atoms with Crippen molar-refractivity contribution in [3.8, 4) is 0 Å². The number of nitrogens with zero attached hydrogens (tertiary/aromatic N) is 2. The number of carbonyl (C=O) groups is 1. The minimum atomic E-state index is -0.901. The van der Waals surface area contributed by atoms with Crippen LogP contribution in [0.15, 0.2) is 9.59 Å². The number of nitrogens with one attached hydrogen (secondary N) is 1. The Kier molecular flexibility index (Phi) is 5.39. The third-order valence-electron chi connectivity index (χ3n) is 2.78. The van der Waals surface area contributed by atoms with Gasteiger partial charge in [0.2, 0.25) is 0 Å². The number of nitrogens with two attached hydrogens (primary N) is 2. The van der Waals surface area contributed by atoms with Crippen molar-refractivity contribution in [2.24, 2.45) is 18.7 Å². The van der Waals surface area contributed by atoms with Gasteiger partial charge in [0.05, 0.1) is 0 Å². The number of hydrogen-bond donors (Lipinski definition) is 3. The second-order valence-electron chi connectivity index (χ2n) is 5.01. The summed E-state index contributed by atoms with van der Waals surface area (Å²) < 4.78 is 6.87. The number of aromatic nitrogens is 2. The highest BCUT2D eigenvalue weighted by Gasteiger charge is 2.15. The summed E-state index contributed by atoms with van der Waals surface area (Å²) >= 11 is 0. The Hall–Kier alpha value is -2.45. The summed E-state index contributed by atoms with van der Waals surface area (Å²) in [6.07, 6.45) is -0.901. The Morgan fingerprint density at radius 2 is 2.00 bits per heavy atom. The standard InChI is InChI=1S/C12H21N5O4/c1-7(2)6-17-9(13)8(10(18)16(3)12(17)20)15-4-5-21-11(14)19/h7,15H,4-6,13H2,1-3H3,(H2,14,19). The molecular weight excluding hydrogens is 278 g/mol. The second kappa shape index (κ2) is 6.82. The summed E-state index contributed by atoms with van der Waals surface area (Å²) in [5.74, 6) is 0.254. The van der Waals surface area contributed by atoms with Gasteiger partial charge in [-0.25, -0.2) is 9.59 Å². The summed E-state index contributed by atoms with van der Waals surface area (Å²) in [7, 11) is 1.38. The van der Waals surface area contributed by atoms with Crippen LogP contribution in [0.1, 0.15) is 13.8 Å². The van der Waals surface area contributed by atoms with Crippen molar-refractivity contribution in [1.29, 1.82) is 0 Å². The lowest BCUT2D eigenvalue weighted by molar-refractivity contribution is 0.161. The molecule has 5 N–H and O–H groups in total. The number of rotatable bonds is 6. The summed E-state index contributed by atoms with van der Waals surface area (Å²) in [6, 6.07) is 0. The van der Waals surface area contributed by atoms with Gasteiger partial charge in [-0.1, -0.05) is 13.8 Å². The van der Waals surface area contributed by atoms with Crippen LogP contribution in [0.5, 0.6) is 0 Å². The molecule has 0 unspecified atom stereocenters. The maximum absolute atomic E-state index is 12.1. The molecule has 9 nitrogen and oxygen atoms in total. The van der Waals surface area contributed by atoms with E-state index in [9.17, 15) is 14.4 Å². The van der Waals surface area contributed by atoms with Crippen molar-refractivity contribution in [3.63, 3.8) is 0 Å². The number of anilines is 2. The maximum atomic E-state index is 12.1. The van der Waals surface area contributed by atoms with E-state index in [-0.39, 0.29) is 30.6 Å². The van der Waals surface area contributed by atoms with Gasteiger partial charge in [0, 0.05) is 20.1 Å². The Bertz CT molecular complexity index is 632. The predicted octanol–water partition coefficient (Wildman–Crippen LogP) is -0.708. The molecule has 118 valence electrons. The minimum Gasteiger partial charge on any atom is -0.448 e. The first-order valence-electron chi connectivity index (χ1n) is 6.51. The van der Waals surface area contributed by atoms with E-state index in [0.29, 0.717) is 6.54 Å². The first-order chi connectivity index (χ1) is 9.75. The molecule has 0 aliphatic rings. The molecule has 0 aromatic carbocycles. The van der Waals surface area contributed by atoms with Gasteiger partial charge in [-0.15, -0.1) is 0 Å². The van der Waals surface area contributed by atoms with Crippen LogP contribution in [-0.4, -0.2) is 28.4 Å². The van der Waals surface area contributed by atoms with E-state index in [1.165, 1.54) is 11.6 Å². The molecule has 0 bridgehead atoms. The molecule has 0 spiro atoms.